The molecule has 2 aromatic carbocycles. The molecular weight excluding hydrogens is 406 g/mol. The lowest BCUT2D eigenvalue weighted by Crippen LogP contribution is -2.47. The van der Waals surface area contributed by atoms with Crippen molar-refractivity contribution in [3.05, 3.63) is 89.7 Å². The maximum Gasteiger partial charge on any atom is 0.408 e. The Morgan fingerprint density at radius 3 is 2.59 bits per heavy atom. The van der Waals surface area contributed by atoms with E-state index < -0.39 is 11.6 Å². The number of carbonyl (C=O) groups excluding carboxylic acids is 2. The first-order valence-corrected chi connectivity index (χ1v) is 10.4. The molecule has 8 heteroatoms. The second kappa shape index (κ2) is 9.49. The summed E-state index contributed by atoms with van der Waals surface area (Å²) in [5.41, 5.74) is 8.58. The monoisotopic (exact) mass is 431 g/mol. The van der Waals surface area contributed by atoms with Crippen molar-refractivity contribution < 1.29 is 14.3 Å². The van der Waals surface area contributed by atoms with E-state index in [2.05, 4.69) is 20.9 Å². The number of rotatable bonds is 6. The minimum atomic E-state index is -0.606. The highest BCUT2D eigenvalue weighted by Gasteiger charge is 2.37. The third-order valence-electron chi connectivity index (χ3n) is 5.50. The number of nitrogen functional groups attached to an aromatic ring is 1. The number of nitrogens with one attached hydrogen (secondary N) is 3. The van der Waals surface area contributed by atoms with Crippen LogP contribution in [0.4, 0.5) is 16.2 Å². The molecule has 1 aromatic heterocycles. The van der Waals surface area contributed by atoms with E-state index in [4.69, 9.17) is 10.5 Å². The normalized spacial score (nSPS) is 17.5. The third-order valence-corrected chi connectivity index (χ3v) is 5.50. The van der Waals surface area contributed by atoms with Crippen LogP contribution in [0.2, 0.25) is 0 Å². The Bertz CT molecular complexity index is 1080. The van der Waals surface area contributed by atoms with Gasteiger partial charge in [-0.3, -0.25) is 9.78 Å². The fraction of sp³-hybridized carbons (Fsp3) is 0.208. The smallest absolute Gasteiger partial charge is 0.408 e. The number of ether oxygens (including phenoxy) is 1. The molecule has 1 fully saturated rings. The van der Waals surface area contributed by atoms with E-state index >= 15 is 0 Å². The molecule has 2 heterocycles. The number of alkyl carbamates (subject to hydrolysis) is 1. The van der Waals surface area contributed by atoms with Crippen molar-refractivity contribution >= 4 is 23.4 Å². The number of anilines is 2. The van der Waals surface area contributed by atoms with Crippen molar-refractivity contribution in [2.24, 2.45) is 0 Å². The summed E-state index contributed by atoms with van der Waals surface area (Å²) in [5.74, 6) is -0.253. The van der Waals surface area contributed by atoms with Crippen LogP contribution >= 0.6 is 0 Å². The Labute approximate surface area is 186 Å². The van der Waals surface area contributed by atoms with Crippen LogP contribution in [0, 0.1) is 0 Å². The molecule has 0 saturated carbocycles. The minimum absolute atomic E-state index is 0.144. The van der Waals surface area contributed by atoms with Crippen molar-refractivity contribution in [1.29, 1.82) is 0 Å². The summed E-state index contributed by atoms with van der Waals surface area (Å²) in [4.78, 5) is 29.1. The molecule has 8 nitrogen and oxygen atoms in total. The molecule has 0 aliphatic carbocycles. The van der Waals surface area contributed by atoms with Gasteiger partial charge >= 0.3 is 6.09 Å². The molecule has 5 N–H and O–H groups in total. The maximum absolute atomic E-state index is 12.6. The quantitative estimate of drug-likeness (QED) is 0.446. The third kappa shape index (κ3) is 4.87. The lowest BCUT2D eigenvalue weighted by molar-refractivity contribution is 0.102. The Balaban J connectivity index is 1.43. The van der Waals surface area contributed by atoms with Gasteiger partial charge in [0.15, 0.2) is 0 Å². The average molecular weight is 431 g/mol. The molecule has 3 aromatic rings. The van der Waals surface area contributed by atoms with Crippen molar-refractivity contribution in [3.63, 3.8) is 0 Å². The van der Waals surface area contributed by atoms with Gasteiger partial charge in [-0.05, 0) is 48.9 Å². The number of aromatic nitrogens is 1. The van der Waals surface area contributed by atoms with Gasteiger partial charge in [-0.2, -0.15) is 0 Å². The van der Waals surface area contributed by atoms with Crippen LogP contribution < -0.4 is 21.7 Å². The summed E-state index contributed by atoms with van der Waals surface area (Å²) in [6.45, 7) is 1.48. The lowest BCUT2D eigenvalue weighted by atomic mass is 9.88. The second-order valence-corrected chi connectivity index (χ2v) is 7.69. The Morgan fingerprint density at radius 1 is 1.09 bits per heavy atom. The van der Waals surface area contributed by atoms with Gasteiger partial charge in [0.05, 0.1) is 16.9 Å². The Kier molecular flexibility index (Phi) is 6.32. The highest BCUT2D eigenvalue weighted by atomic mass is 16.5. The lowest BCUT2D eigenvalue weighted by Gasteiger charge is -2.30. The first-order chi connectivity index (χ1) is 15.6. The second-order valence-electron chi connectivity index (χ2n) is 7.69. The zero-order chi connectivity index (χ0) is 22.4. The van der Waals surface area contributed by atoms with E-state index in [1.54, 1.807) is 42.7 Å². The number of carbonyl (C=O) groups is 2. The van der Waals surface area contributed by atoms with Crippen LogP contribution in [-0.2, 0) is 16.9 Å². The molecule has 0 unspecified atom stereocenters. The number of para-hydroxylation sites is 2. The largest absolute Gasteiger partial charge is 0.445 e. The van der Waals surface area contributed by atoms with Crippen LogP contribution in [0.3, 0.4) is 0 Å². The van der Waals surface area contributed by atoms with Crippen LogP contribution in [0.25, 0.3) is 0 Å². The number of pyridine rings is 1. The highest BCUT2D eigenvalue weighted by Crippen LogP contribution is 2.29. The maximum atomic E-state index is 12.6. The topological polar surface area (TPSA) is 118 Å². The molecular formula is C24H25N5O3. The van der Waals surface area contributed by atoms with Gasteiger partial charge in [0.1, 0.15) is 6.61 Å². The fourth-order valence-corrected chi connectivity index (χ4v) is 3.73. The molecule has 32 heavy (non-hydrogen) atoms. The predicted molar refractivity (Wildman–Crippen MR) is 122 cm³/mol. The van der Waals surface area contributed by atoms with Crippen molar-refractivity contribution in [2.75, 3.05) is 24.1 Å². The molecule has 164 valence electrons. The van der Waals surface area contributed by atoms with E-state index in [9.17, 15) is 9.59 Å². The summed E-state index contributed by atoms with van der Waals surface area (Å²) in [6.07, 6.45) is 3.54. The van der Waals surface area contributed by atoms with Gasteiger partial charge in [0.25, 0.3) is 5.91 Å². The van der Waals surface area contributed by atoms with Gasteiger partial charge in [0, 0.05) is 30.1 Å². The molecule has 1 aliphatic heterocycles. The van der Waals surface area contributed by atoms with Crippen molar-refractivity contribution in [1.82, 2.24) is 15.6 Å². The molecule has 2 amide bonds. The SMILES string of the molecule is Nc1ccccc1NC(=O)c1ccc([C@@]2(NC(=O)OCc3cccnc3)CCNC2)cc1. The molecule has 0 spiro atoms. The van der Waals surface area contributed by atoms with E-state index in [1.165, 1.54) is 0 Å². The molecule has 0 radical (unpaired) electrons. The first-order valence-electron chi connectivity index (χ1n) is 10.4. The number of hydrogen-bond donors (Lipinski definition) is 4. The zero-order valence-corrected chi connectivity index (χ0v) is 17.5. The Morgan fingerprint density at radius 2 is 1.91 bits per heavy atom. The van der Waals surface area contributed by atoms with Gasteiger partial charge in [-0.25, -0.2) is 4.79 Å². The highest BCUT2D eigenvalue weighted by molar-refractivity contribution is 6.05. The number of nitrogens with two attached hydrogens (primary N) is 1. The molecule has 1 atom stereocenters. The minimum Gasteiger partial charge on any atom is -0.445 e. The number of benzene rings is 2. The number of hydrogen-bond acceptors (Lipinski definition) is 6. The van der Waals surface area contributed by atoms with Crippen molar-refractivity contribution in [3.8, 4) is 0 Å². The summed E-state index contributed by atoms with van der Waals surface area (Å²) in [5, 5.41) is 9.13. The molecule has 1 saturated heterocycles. The van der Waals surface area contributed by atoms with Gasteiger partial charge < -0.3 is 26.4 Å². The zero-order valence-electron chi connectivity index (χ0n) is 17.5. The van der Waals surface area contributed by atoms with E-state index in [0.29, 0.717) is 29.9 Å². The van der Waals surface area contributed by atoms with Crippen molar-refractivity contribution in [2.45, 2.75) is 18.6 Å². The summed E-state index contributed by atoms with van der Waals surface area (Å²) < 4.78 is 5.38. The summed E-state index contributed by atoms with van der Waals surface area (Å²) in [6, 6.07) is 17.9. The van der Waals surface area contributed by atoms with Gasteiger partial charge in [0.2, 0.25) is 0 Å². The van der Waals surface area contributed by atoms with E-state index in [-0.39, 0.29) is 12.5 Å². The number of nitrogens with zero attached hydrogens (tertiary/aromatic N) is 1. The summed E-state index contributed by atoms with van der Waals surface area (Å²) >= 11 is 0. The van der Waals surface area contributed by atoms with Crippen LogP contribution in [-0.4, -0.2) is 30.1 Å². The van der Waals surface area contributed by atoms with E-state index in [1.807, 2.05) is 30.3 Å². The van der Waals surface area contributed by atoms with Gasteiger partial charge in [-0.1, -0.05) is 30.3 Å². The van der Waals surface area contributed by atoms with Crippen LogP contribution in [0.15, 0.2) is 73.1 Å². The first kappa shape index (κ1) is 21.3. The van der Waals surface area contributed by atoms with Crippen LogP contribution in [0.1, 0.15) is 27.9 Å². The van der Waals surface area contributed by atoms with Crippen LogP contribution in [0.5, 0.6) is 0 Å². The number of amides is 2. The molecule has 4 rings (SSSR count). The predicted octanol–water partition coefficient (Wildman–Crippen LogP) is 3.03. The fourth-order valence-electron chi connectivity index (χ4n) is 3.73. The summed E-state index contributed by atoms with van der Waals surface area (Å²) in [7, 11) is 0. The molecule has 1 aliphatic rings. The standard InChI is InChI=1S/C24H25N5O3/c25-20-5-1-2-6-21(20)28-22(30)18-7-9-19(10-8-18)24(11-13-27-16-24)29-23(31)32-15-17-4-3-12-26-14-17/h1-10,12,14,27H,11,13,15-16,25H2,(H,28,30)(H,29,31)/t24-/m1/s1. The average Bonchev–Trinajstić information content (AvgIpc) is 3.29. The van der Waals surface area contributed by atoms with Gasteiger partial charge in [-0.15, -0.1) is 0 Å². The molecule has 0 bridgehead atoms. The van der Waals surface area contributed by atoms with E-state index in [0.717, 1.165) is 17.7 Å². The Hall–Kier alpha value is -3.91.